The predicted octanol–water partition coefficient (Wildman–Crippen LogP) is 0.408. The molecule has 2 aromatic carbocycles. The van der Waals surface area contributed by atoms with E-state index < -0.39 is 54.9 Å². The van der Waals surface area contributed by atoms with Crippen LogP contribution in [0.4, 0.5) is 0 Å². The maximum atomic E-state index is 13.8. The van der Waals surface area contributed by atoms with Gasteiger partial charge in [0.1, 0.15) is 18.1 Å². The fraction of sp³-hybridized carbons (Fsp3) is 0.515. The molecule has 2 rings (SSSR count). The lowest BCUT2D eigenvalue weighted by Gasteiger charge is -2.26. The third-order valence-corrected chi connectivity index (χ3v) is 7.50. The van der Waals surface area contributed by atoms with Gasteiger partial charge in [-0.25, -0.2) is 0 Å². The SMILES string of the molecule is CC(C)CC[C@@H](NC(=O)[C@@H](Cc1ccccc1)NC(=O)[C@H](N)Cc1ccccc1)C(=O)N[C@H](CCCCN)C(=O)NCCB(O)O. The molecule has 0 bridgehead atoms. The largest absolute Gasteiger partial charge is 0.453 e. The van der Waals surface area contributed by atoms with Crippen molar-refractivity contribution in [3.8, 4) is 0 Å². The summed E-state index contributed by atoms with van der Waals surface area (Å²) in [5, 5.41) is 29.3. The Balaban J connectivity index is 2.22. The van der Waals surface area contributed by atoms with E-state index in [1.807, 2.05) is 74.5 Å². The lowest BCUT2D eigenvalue weighted by molar-refractivity contribution is -0.134. The van der Waals surface area contributed by atoms with Gasteiger partial charge in [-0.2, -0.15) is 0 Å². The Morgan fingerprint density at radius 3 is 1.76 bits per heavy atom. The highest BCUT2D eigenvalue weighted by atomic mass is 16.4. The highest BCUT2D eigenvalue weighted by Crippen LogP contribution is 2.11. The first-order valence-corrected chi connectivity index (χ1v) is 16.1. The molecule has 4 atom stereocenters. The zero-order valence-corrected chi connectivity index (χ0v) is 27.0. The van der Waals surface area contributed by atoms with Crippen LogP contribution in [-0.4, -0.2) is 78.1 Å². The summed E-state index contributed by atoms with van der Waals surface area (Å²) in [5.41, 5.74) is 13.5. The molecule has 0 radical (unpaired) electrons. The van der Waals surface area contributed by atoms with E-state index >= 15 is 0 Å². The highest BCUT2D eigenvalue weighted by Gasteiger charge is 2.30. The molecule has 4 amide bonds. The number of rotatable bonds is 21. The zero-order chi connectivity index (χ0) is 33.9. The molecule has 0 aliphatic carbocycles. The first-order valence-electron chi connectivity index (χ1n) is 16.1. The second-order valence-electron chi connectivity index (χ2n) is 12.0. The first kappa shape index (κ1) is 38.4. The van der Waals surface area contributed by atoms with Crippen molar-refractivity contribution in [3.63, 3.8) is 0 Å². The standard InChI is InChI=1S/C33H51BN6O6/c1-23(2)16-17-28(32(43)38-27(15-9-10-19-35)31(42)37-20-18-34(45)46)39-33(44)29(22-25-13-7-4-8-14-25)40-30(41)26(36)21-24-11-5-3-6-12-24/h3-8,11-14,23,26-29,45-46H,9-10,15-22,35-36H2,1-2H3,(H,37,42)(H,38,43)(H,39,44)(H,40,41)/t26-,27-,28-,29-/m1/s1. The molecule has 0 aromatic heterocycles. The van der Waals surface area contributed by atoms with Crippen LogP contribution >= 0.6 is 0 Å². The van der Waals surface area contributed by atoms with Crippen molar-refractivity contribution >= 4 is 30.7 Å². The topological polar surface area (TPSA) is 209 Å². The molecule has 0 aliphatic rings. The number of unbranched alkanes of at least 4 members (excludes halogenated alkanes) is 1. The number of nitrogens with one attached hydrogen (secondary N) is 4. The molecule has 10 N–H and O–H groups in total. The van der Waals surface area contributed by atoms with Gasteiger partial charge in [0, 0.05) is 13.0 Å². The minimum atomic E-state index is -1.57. The quantitative estimate of drug-likeness (QED) is 0.0708. The van der Waals surface area contributed by atoms with Crippen molar-refractivity contribution in [2.24, 2.45) is 17.4 Å². The zero-order valence-electron chi connectivity index (χ0n) is 27.0. The Bertz CT molecular complexity index is 1200. The second kappa shape index (κ2) is 21.1. The van der Waals surface area contributed by atoms with Crippen LogP contribution in [-0.2, 0) is 32.0 Å². The number of amides is 4. The van der Waals surface area contributed by atoms with E-state index in [1.165, 1.54) is 0 Å². The fourth-order valence-corrected chi connectivity index (χ4v) is 4.82. The number of carbonyl (C=O) groups is 4. The van der Waals surface area contributed by atoms with E-state index in [2.05, 4.69) is 21.3 Å². The molecular formula is C33H51BN6O6. The van der Waals surface area contributed by atoms with Crippen LogP contribution in [0.3, 0.4) is 0 Å². The van der Waals surface area contributed by atoms with Crippen LogP contribution in [0.1, 0.15) is 57.1 Å². The molecule has 0 heterocycles. The van der Waals surface area contributed by atoms with Gasteiger partial charge in [-0.1, -0.05) is 74.5 Å². The molecule has 0 spiro atoms. The summed E-state index contributed by atoms with van der Waals surface area (Å²) >= 11 is 0. The third kappa shape index (κ3) is 15.0. The normalized spacial score (nSPS) is 13.6. The minimum Gasteiger partial charge on any atom is -0.427 e. The smallest absolute Gasteiger partial charge is 0.427 e. The Kier molecular flexibility index (Phi) is 17.6. The summed E-state index contributed by atoms with van der Waals surface area (Å²) in [5.74, 6) is -1.81. The van der Waals surface area contributed by atoms with Gasteiger partial charge in [-0.05, 0) is 68.4 Å². The molecular weight excluding hydrogens is 587 g/mol. The molecule has 2 aromatic rings. The fourth-order valence-electron chi connectivity index (χ4n) is 4.82. The van der Waals surface area contributed by atoms with Gasteiger partial charge in [0.15, 0.2) is 0 Å². The molecule has 12 nitrogen and oxygen atoms in total. The van der Waals surface area contributed by atoms with E-state index in [1.54, 1.807) is 0 Å². The summed E-state index contributed by atoms with van der Waals surface area (Å²) in [6.07, 6.45) is 2.87. The number of carbonyl (C=O) groups excluding carboxylic acids is 4. The van der Waals surface area contributed by atoms with Gasteiger partial charge in [0.05, 0.1) is 6.04 Å². The molecule has 0 aliphatic heterocycles. The van der Waals surface area contributed by atoms with Gasteiger partial charge in [-0.15, -0.1) is 0 Å². The summed E-state index contributed by atoms with van der Waals surface area (Å²) in [7, 11) is -1.57. The molecule has 0 fully saturated rings. The molecule has 46 heavy (non-hydrogen) atoms. The van der Waals surface area contributed by atoms with Crippen LogP contribution < -0.4 is 32.7 Å². The Hall–Kier alpha value is -3.78. The van der Waals surface area contributed by atoms with Gasteiger partial charge in [0.2, 0.25) is 23.6 Å². The molecule has 0 unspecified atom stereocenters. The van der Waals surface area contributed by atoms with Gasteiger partial charge >= 0.3 is 7.12 Å². The van der Waals surface area contributed by atoms with Crippen LogP contribution in [0.15, 0.2) is 60.7 Å². The van der Waals surface area contributed by atoms with Crippen molar-refractivity contribution in [2.45, 2.75) is 89.3 Å². The highest BCUT2D eigenvalue weighted by molar-refractivity contribution is 6.41. The maximum Gasteiger partial charge on any atom is 0.453 e. The maximum absolute atomic E-state index is 13.8. The number of benzene rings is 2. The number of hydrogen-bond acceptors (Lipinski definition) is 8. The van der Waals surface area contributed by atoms with Crippen molar-refractivity contribution < 1.29 is 29.2 Å². The summed E-state index contributed by atoms with van der Waals surface area (Å²) < 4.78 is 0. The number of hydrogen-bond donors (Lipinski definition) is 8. The third-order valence-electron chi connectivity index (χ3n) is 7.50. The summed E-state index contributed by atoms with van der Waals surface area (Å²) in [6.45, 7) is 4.44. The Morgan fingerprint density at radius 1 is 0.696 bits per heavy atom. The lowest BCUT2D eigenvalue weighted by atomic mass is 9.86. The number of nitrogens with two attached hydrogens (primary N) is 2. The lowest BCUT2D eigenvalue weighted by Crippen LogP contribution is -2.58. The van der Waals surface area contributed by atoms with Crippen molar-refractivity contribution in [1.82, 2.24) is 21.3 Å². The summed E-state index contributed by atoms with van der Waals surface area (Å²) in [6, 6.07) is 14.8. The Morgan fingerprint density at radius 2 is 1.22 bits per heavy atom. The van der Waals surface area contributed by atoms with Crippen molar-refractivity contribution in [1.29, 1.82) is 0 Å². The van der Waals surface area contributed by atoms with Crippen LogP contribution in [0.5, 0.6) is 0 Å². The minimum absolute atomic E-state index is 0.0144. The van der Waals surface area contributed by atoms with Gasteiger partial charge in [-0.3, -0.25) is 19.2 Å². The van der Waals surface area contributed by atoms with Crippen LogP contribution in [0, 0.1) is 5.92 Å². The van der Waals surface area contributed by atoms with E-state index in [4.69, 9.17) is 21.5 Å². The molecule has 0 saturated carbocycles. The van der Waals surface area contributed by atoms with Crippen LogP contribution in [0.25, 0.3) is 0 Å². The van der Waals surface area contributed by atoms with Crippen LogP contribution in [0.2, 0.25) is 6.32 Å². The van der Waals surface area contributed by atoms with Gasteiger partial charge < -0.3 is 42.8 Å². The molecule has 13 heteroatoms. The Labute approximate surface area is 272 Å². The average molecular weight is 639 g/mol. The van der Waals surface area contributed by atoms with E-state index in [0.29, 0.717) is 38.6 Å². The summed E-state index contributed by atoms with van der Waals surface area (Å²) in [4.78, 5) is 53.5. The first-order chi connectivity index (χ1) is 22.0. The van der Waals surface area contributed by atoms with Crippen molar-refractivity contribution in [2.75, 3.05) is 13.1 Å². The van der Waals surface area contributed by atoms with Crippen molar-refractivity contribution in [3.05, 3.63) is 71.8 Å². The molecule has 252 valence electrons. The van der Waals surface area contributed by atoms with E-state index in [-0.39, 0.29) is 31.6 Å². The van der Waals surface area contributed by atoms with Gasteiger partial charge in [0.25, 0.3) is 0 Å². The molecule has 0 saturated heterocycles. The average Bonchev–Trinajstić information content (AvgIpc) is 3.02. The van der Waals surface area contributed by atoms with E-state index in [9.17, 15) is 19.2 Å². The van der Waals surface area contributed by atoms with E-state index in [0.717, 1.165) is 11.1 Å². The second-order valence-corrected chi connectivity index (χ2v) is 12.0. The monoisotopic (exact) mass is 638 g/mol. The predicted molar refractivity (Wildman–Crippen MR) is 179 cm³/mol.